The molecule has 0 fully saturated rings. The zero-order valence-electron chi connectivity index (χ0n) is 14.8. The fourth-order valence-corrected chi connectivity index (χ4v) is 2.38. The number of benzene rings is 1. The summed E-state index contributed by atoms with van der Waals surface area (Å²) in [5.74, 6) is -2.30. The number of carbonyl (C=O) groups is 3. The molecule has 10 heteroatoms. The van der Waals surface area contributed by atoms with Gasteiger partial charge in [0, 0.05) is 18.4 Å². The summed E-state index contributed by atoms with van der Waals surface area (Å²) >= 11 is 1.35. The van der Waals surface area contributed by atoms with Crippen LogP contribution in [0.3, 0.4) is 0 Å². The first-order valence-electron chi connectivity index (χ1n) is 8.07. The molecule has 0 saturated carbocycles. The second-order valence-electron chi connectivity index (χ2n) is 5.44. The van der Waals surface area contributed by atoms with Crippen LogP contribution in [-0.2, 0) is 14.4 Å². The van der Waals surface area contributed by atoms with Crippen molar-refractivity contribution in [2.24, 2.45) is 5.73 Å². The van der Waals surface area contributed by atoms with Crippen LogP contribution in [-0.4, -0.2) is 35.0 Å². The molecule has 1 amide bonds. The average Bonchev–Trinajstić information content (AvgIpc) is 2.58. The number of carboxylic acids is 1. The lowest BCUT2D eigenvalue weighted by molar-refractivity contribution is -0.344. The molecular formula is C17H22F3N2O4S-. The van der Waals surface area contributed by atoms with Gasteiger partial charge in [-0.25, -0.2) is 0 Å². The zero-order chi connectivity index (χ0) is 20.9. The Hall–Kier alpha value is -2.07. The molecule has 0 aliphatic heterocycles. The molecule has 0 saturated heterocycles. The number of amides is 1. The molecule has 0 bridgehead atoms. The Bertz CT molecular complexity index is 598. The standard InChI is InChI=1S/C15H22N2O2S.C2HF3O2/c1-12(18)20-11-7-3-6-10-14(16)15(19)17-13-8-4-2-5-9-13;3-2(4,5)1(6)7/h2,4-5,8-9,14H,3,6-7,10-11,16H2,1H3,(H,17,19);(H,6,7)/p-1/t14-;/m0./s1. The lowest BCUT2D eigenvalue weighted by Gasteiger charge is -2.12. The first-order chi connectivity index (χ1) is 12.5. The minimum Gasteiger partial charge on any atom is -0.542 e. The number of carbonyl (C=O) groups excluding carboxylic acids is 3. The van der Waals surface area contributed by atoms with Gasteiger partial charge in [-0.1, -0.05) is 42.8 Å². The largest absolute Gasteiger partial charge is 0.542 e. The number of hydrogen-bond acceptors (Lipinski definition) is 6. The Kier molecular flexibility index (Phi) is 12.1. The number of rotatable bonds is 8. The lowest BCUT2D eigenvalue weighted by atomic mass is 10.1. The summed E-state index contributed by atoms with van der Waals surface area (Å²) in [5, 5.41) is 11.7. The number of anilines is 1. The topological polar surface area (TPSA) is 112 Å². The van der Waals surface area contributed by atoms with Crippen LogP contribution >= 0.6 is 11.8 Å². The molecule has 0 unspecified atom stereocenters. The molecular weight excluding hydrogens is 385 g/mol. The maximum absolute atomic E-state index is 11.8. The van der Waals surface area contributed by atoms with Gasteiger partial charge >= 0.3 is 6.18 Å². The summed E-state index contributed by atoms with van der Waals surface area (Å²) in [6.45, 7) is 1.58. The van der Waals surface area contributed by atoms with Gasteiger partial charge in [-0.15, -0.1) is 0 Å². The molecule has 0 spiro atoms. The van der Waals surface area contributed by atoms with Gasteiger partial charge < -0.3 is 21.0 Å². The van der Waals surface area contributed by atoms with Gasteiger partial charge in [-0.2, -0.15) is 13.2 Å². The van der Waals surface area contributed by atoms with Gasteiger partial charge in [0.15, 0.2) is 5.12 Å². The number of nitrogens with two attached hydrogens (primary N) is 1. The molecule has 0 radical (unpaired) electrons. The monoisotopic (exact) mass is 407 g/mol. The maximum Gasteiger partial charge on any atom is 0.430 e. The Morgan fingerprint density at radius 2 is 1.70 bits per heavy atom. The van der Waals surface area contributed by atoms with E-state index >= 15 is 0 Å². The molecule has 1 atom stereocenters. The molecule has 0 aliphatic carbocycles. The van der Waals surface area contributed by atoms with Crippen molar-refractivity contribution in [3.8, 4) is 0 Å². The number of thioether (sulfide) groups is 1. The van der Waals surface area contributed by atoms with Gasteiger partial charge in [-0.05, 0) is 25.0 Å². The highest BCUT2D eigenvalue weighted by molar-refractivity contribution is 8.13. The van der Waals surface area contributed by atoms with E-state index in [1.165, 1.54) is 11.8 Å². The first-order valence-corrected chi connectivity index (χ1v) is 9.05. The van der Waals surface area contributed by atoms with Crippen molar-refractivity contribution < 1.29 is 32.7 Å². The third-order valence-electron chi connectivity index (χ3n) is 3.07. The summed E-state index contributed by atoms with van der Waals surface area (Å²) in [4.78, 5) is 31.4. The quantitative estimate of drug-likeness (QED) is 0.638. The van der Waals surface area contributed by atoms with Crippen LogP contribution in [0.4, 0.5) is 18.9 Å². The fraction of sp³-hybridized carbons (Fsp3) is 0.471. The summed E-state index contributed by atoms with van der Waals surface area (Å²) in [7, 11) is 0. The predicted molar refractivity (Wildman–Crippen MR) is 95.7 cm³/mol. The molecule has 1 rings (SSSR count). The van der Waals surface area contributed by atoms with Crippen LogP contribution in [0.5, 0.6) is 0 Å². The number of carboxylic acid groups (broad SMARTS) is 1. The fourth-order valence-electron chi connectivity index (χ4n) is 1.75. The summed E-state index contributed by atoms with van der Waals surface area (Å²) < 4.78 is 31.5. The third kappa shape index (κ3) is 13.8. The van der Waals surface area contributed by atoms with Gasteiger partial charge in [0.05, 0.1) is 6.04 Å². The highest BCUT2D eigenvalue weighted by Gasteiger charge is 2.28. The Morgan fingerprint density at radius 3 is 2.19 bits per heavy atom. The van der Waals surface area contributed by atoms with E-state index < -0.39 is 18.2 Å². The van der Waals surface area contributed by atoms with Crippen LogP contribution < -0.4 is 16.2 Å². The smallest absolute Gasteiger partial charge is 0.430 e. The molecule has 1 aromatic carbocycles. The maximum atomic E-state index is 11.8. The molecule has 6 nitrogen and oxygen atoms in total. The van der Waals surface area contributed by atoms with E-state index in [0.717, 1.165) is 30.7 Å². The Morgan fingerprint density at radius 1 is 1.15 bits per heavy atom. The molecule has 3 N–H and O–H groups in total. The summed E-state index contributed by atoms with van der Waals surface area (Å²) in [5.41, 5.74) is 6.63. The van der Waals surface area contributed by atoms with Crippen molar-refractivity contribution in [1.29, 1.82) is 0 Å². The van der Waals surface area contributed by atoms with E-state index in [-0.39, 0.29) is 11.0 Å². The number of alkyl halides is 3. The molecule has 152 valence electrons. The molecule has 1 aromatic rings. The van der Waals surface area contributed by atoms with Gasteiger partial charge in [0.1, 0.15) is 5.97 Å². The van der Waals surface area contributed by atoms with Crippen molar-refractivity contribution in [1.82, 2.24) is 0 Å². The average molecular weight is 407 g/mol. The van der Waals surface area contributed by atoms with E-state index in [0.29, 0.717) is 6.42 Å². The van der Waals surface area contributed by atoms with Gasteiger partial charge in [-0.3, -0.25) is 9.59 Å². The van der Waals surface area contributed by atoms with Crippen molar-refractivity contribution in [3.05, 3.63) is 30.3 Å². The lowest BCUT2D eigenvalue weighted by Crippen LogP contribution is -2.37. The number of unbranched alkanes of at least 4 members (excludes halogenated alkanes) is 2. The molecule has 0 aromatic heterocycles. The van der Waals surface area contributed by atoms with Crippen LogP contribution in [0.1, 0.15) is 32.6 Å². The van der Waals surface area contributed by atoms with Gasteiger partial charge in [0.25, 0.3) is 0 Å². The van der Waals surface area contributed by atoms with E-state index in [2.05, 4.69) is 5.32 Å². The van der Waals surface area contributed by atoms with Crippen molar-refractivity contribution in [2.45, 2.75) is 44.8 Å². The number of aliphatic carboxylic acids is 1. The SMILES string of the molecule is CC(=O)SCCCCC[C@H](N)C(=O)Nc1ccccc1.O=C([O-])C(F)(F)F. The highest BCUT2D eigenvalue weighted by atomic mass is 32.2. The zero-order valence-corrected chi connectivity index (χ0v) is 15.6. The van der Waals surface area contributed by atoms with Gasteiger partial charge in [0.2, 0.25) is 5.91 Å². The molecule has 27 heavy (non-hydrogen) atoms. The molecule has 0 heterocycles. The van der Waals surface area contributed by atoms with E-state index in [1.54, 1.807) is 6.92 Å². The van der Waals surface area contributed by atoms with E-state index in [4.69, 9.17) is 15.6 Å². The van der Waals surface area contributed by atoms with Crippen LogP contribution in [0.15, 0.2) is 30.3 Å². The number of para-hydroxylation sites is 1. The second-order valence-corrected chi connectivity index (χ2v) is 6.71. The number of halogens is 3. The Balaban J connectivity index is 0.000000821. The second kappa shape index (κ2) is 13.2. The van der Waals surface area contributed by atoms with Crippen LogP contribution in [0.2, 0.25) is 0 Å². The van der Waals surface area contributed by atoms with Crippen molar-refractivity contribution in [2.75, 3.05) is 11.1 Å². The normalized spacial score (nSPS) is 11.7. The summed E-state index contributed by atoms with van der Waals surface area (Å²) in [6, 6.07) is 8.83. The van der Waals surface area contributed by atoms with Crippen LogP contribution in [0.25, 0.3) is 0 Å². The number of hydrogen-bond donors (Lipinski definition) is 2. The minimum atomic E-state index is -5.19. The Labute approximate surface area is 159 Å². The highest BCUT2D eigenvalue weighted by Crippen LogP contribution is 2.12. The first kappa shape index (κ1) is 24.9. The van der Waals surface area contributed by atoms with E-state index in [1.807, 2.05) is 30.3 Å². The predicted octanol–water partition coefficient (Wildman–Crippen LogP) is 2.09. The minimum absolute atomic E-state index is 0.144. The van der Waals surface area contributed by atoms with E-state index in [9.17, 15) is 22.8 Å². The van der Waals surface area contributed by atoms with Crippen molar-refractivity contribution in [3.63, 3.8) is 0 Å². The number of nitrogens with one attached hydrogen (secondary N) is 1. The molecule has 0 aliphatic rings. The summed E-state index contributed by atoms with van der Waals surface area (Å²) in [6.07, 6.45) is -1.64. The van der Waals surface area contributed by atoms with Crippen LogP contribution in [0, 0.1) is 0 Å². The third-order valence-corrected chi connectivity index (χ3v) is 3.97. The van der Waals surface area contributed by atoms with Crippen molar-refractivity contribution >= 4 is 34.4 Å².